The summed E-state index contributed by atoms with van der Waals surface area (Å²) in [7, 11) is 0. The maximum atomic E-state index is 6.29. The monoisotopic (exact) mass is 343 g/mol. The minimum absolute atomic E-state index is 0.284. The molecule has 4 heteroatoms. The molecule has 0 saturated heterocycles. The standard InChI is InChI=1S/C14H12BrCl2N/c1-8-9(4-2-6-11(8)15)14(18)10-5-3-7-12(16)13(10)17/h2-7,14H,18H2,1H3. The molecule has 0 aromatic heterocycles. The highest BCUT2D eigenvalue weighted by Crippen LogP contribution is 2.34. The molecule has 0 saturated carbocycles. The summed E-state index contributed by atoms with van der Waals surface area (Å²) < 4.78 is 1.04. The van der Waals surface area contributed by atoms with Crippen molar-refractivity contribution in [1.29, 1.82) is 0 Å². The second-order valence-electron chi connectivity index (χ2n) is 4.07. The van der Waals surface area contributed by atoms with Crippen LogP contribution in [-0.4, -0.2) is 0 Å². The van der Waals surface area contributed by atoms with Crippen molar-refractivity contribution in [2.24, 2.45) is 5.73 Å². The lowest BCUT2D eigenvalue weighted by atomic mass is 9.96. The summed E-state index contributed by atoms with van der Waals surface area (Å²) in [6.07, 6.45) is 0. The van der Waals surface area contributed by atoms with Gasteiger partial charge in [-0.25, -0.2) is 0 Å². The van der Waals surface area contributed by atoms with E-state index in [9.17, 15) is 0 Å². The van der Waals surface area contributed by atoms with Gasteiger partial charge in [0.15, 0.2) is 0 Å². The largest absolute Gasteiger partial charge is 0.320 e. The lowest BCUT2D eigenvalue weighted by Crippen LogP contribution is -2.14. The Morgan fingerprint density at radius 3 is 2.39 bits per heavy atom. The van der Waals surface area contributed by atoms with Crippen LogP contribution in [0, 0.1) is 6.92 Å². The molecular weight excluding hydrogens is 333 g/mol. The van der Waals surface area contributed by atoms with Crippen LogP contribution in [0.25, 0.3) is 0 Å². The average Bonchev–Trinajstić information content (AvgIpc) is 2.35. The van der Waals surface area contributed by atoms with Gasteiger partial charge >= 0.3 is 0 Å². The van der Waals surface area contributed by atoms with E-state index in [1.165, 1.54) is 0 Å². The van der Waals surface area contributed by atoms with E-state index in [0.29, 0.717) is 10.0 Å². The zero-order valence-corrected chi connectivity index (χ0v) is 12.9. The Labute approximate surface area is 125 Å². The molecule has 0 spiro atoms. The third-order valence-corrected chi connectivity index (χ3v) is 4.65. The van der Waals surface area contributed by atoms with Gasteiger partial charge in [-0.15, -0.1) is 0 Å². The molecule has 0 radical (unpaired) electrons. The van der Waals surface area contributed by atoms with Crippen LogP contribution in [0.3, 0.4) is 0 Å². The van der Waals surface area contributed by atoms with E-state index in [1.807, 2.05) is 37.3 Å². The van der Waals surface area contributed by atoms with Crippen LogP contribution in [0.5, 0.6) is 0 Å². The Hall–Kier alpha value is -0.540. The van der Waals surface area contributed by atoms with Crippen LogP contribution in [-0.2, 0) is 0 Å². The lowest BCUT2D eigenvalue weighted by Gasteiger charge is -2.17. The van der Waals surface area contributed by atoms with E-state index in [4.69, 9.17) is 28.9 Å². The van der Waals surface area contributed by atoms with Crippen LogP contribution >= 0.6 is 39.1 Å². The van der Waals surface area contributed by atoms with Gasteiger partial charge in [-0.3, -0.25) is 0 Å². The molecule has 94 valence electrons. The minimum atomic E-state index is -0.284. The molecule has 2 N–H and O–H groups in total. The van der Waals surface area contributed by atoms with Crippen molar-refractivity contribution in [2.45, 2.75) is 13.0 Å². The molecule has 0 aliphatic rings. The van der Waals surface area contributed by atoms with Crippen molar-refractivity contribution < 1.29 is 0 Å². The molecule has 0 fully saturated rings. The highest BCUT2D eigenvalue weighted by Gasteiger charge is 2.16. The van der Waals surface area contributed by atoms with Crippen LogP contribution < -0.4 is 5.73 Å². The first-order valence-electron chi connectivity index (χ1n) is 5.47. The Morgan fingerprint density at radius 2 is 1.67 bits per heavy atom. The summed E-state index contributed by atoms with van der Waals surface area (Å²) in [6.45, 7) is 2.03. The van der Waals surface area contributed by atoms with Gasteiger partial charge in [0.25, 0.3) is 0 Å². The molecule has 2 aromatic rings. The Morgan fingerprint density at radius 1 is 1.06 bits per heavy atom. The second-order valence-corrected chi connectivity index (χ2v) is 5.71. The van der Waals surface area contributed by atoms with E-state index in [2.05, 4.69) is 15.9 Å². The van der Waals surface area contributed by atoms with Crippen molar-refractivity contribution >= 4 is 39.1 Å². The fraction of sp³-hybridized carbons (Fsp3) is 0.143. The first-order chi connectivity index (χ1) is 8.52. The minimum Gasteiger partial charge on any atom is -0.320 e. The quantitative estimate of drug-likeness (QED) is 0.804. The molecule has 18 heavy (non-hydrogen) atoms. The molecule has 1 nitrogen and oxygen atoms in total. The Kier molecular flexibility index (Phi) is 4.33. The summed E-state index contributed by atoms with van der Waals surface area (Å²) in [5, 5.41) is 1.04. The fourth-order valence-corrected chi connectivity index (χ4v) is 2.70. The van der Waals surface area contributed by atoms with E-state index in [1.54, 1.807) is 6.07 Å². The molecule has 1 unspecified atom stereocenters. The first kappa shape index (κ1) is 13.9. The fourth-order valence-electron chi connectivity index (χ4n) is 1.89. The van der Waals surface area contributed by atoms with Gasteiger partial charge in [0.2, 0.25) is 0 Å². The molecular formula is C14H12BrCl2N. The molecule has 0 aliphatic carbocycles. The topological polar surface area (TPSA) is 26.0 Å². The third kappa shape index (κ3) is 2.57. The van der Waals surface area contributed by atoms with Crippen LogP contribution in [0.2, 0.25) is 10.0 Å². The molecule has 0 aliphatic heterocycles. The van der Waals surface area contributed by atoms with Crippen molar-refractivity contribution in [1.82, 2.24) is 0 Å². The van der Waals surface area contributed by atoms with Gasteiger partial charge in [-0.2, -0.15) is 0 Å². The maximum Gasteiger partial charge on any atom is 0.0643 e. The molecule has 1 atom stereocenters. The zero-order chi connectivity index (χ0) is 13.3. The second kappa shape index (κ2) is 5.62. The van der Waals surface area contributed by atoms with Crippen LogP contribution in [0.15, 0.2) is 40.9 Å². The van der Waals surface area contributed by atoms with Crippen molar-refractivity contribution in [3.8, 4) is 0 Å². The average molecular weight is 345 g/mol. The summed E-state index contributed by atoms with van der Waals surface area (Å²) in [4.78, 5) is 0. The predicted octanol–water partition coefficient (Wildman–Crippen LogP) is 5.11. The molecule has 2 rings (SSSR count). The third-order valence-electron chi connectivity index (χ3n) is 2.96. The Bertz CT molecular complexity index is 533. The molecule has 0 heterocycles. The van der Waals surface area contributed by atoms with Crippen LogP contribution in [0.4, 0.5) is 0 Å². The van der Waals surface area contributed by atoms with Gasteiger partial charge in [0, 0.05) is 4.47 Å². The molecule has 0 amide bonds. The van der Waals surface area contributed by atoms with E-state index in [0.717, 1.165) is 21.2 Å². The first-order valence-corrected chi connectivity index (χ1v) is 7.01. The van der Waals surface area contributed by atoms with Crippen molar-refractivity contribution in [3.63, 3.8) is 0 Å². The van der Waals surface area contributed by atoms with Crippen molar-refractivity contribution in [3.05, 3.63) is 67.6 Å². The summed E-state index contributed by atoms with van der Waals surface area (Å²) in [6, 6.07) is 11.2. The summed E-state index contributed by atoms with van der Waals surface area (Å²) in [5.41, 5.74) is 9.28. The smallest absolute Gasteiger partial charge is 0.0643 e. The van der Waals surface area contributed by atoms with Gasteiger partial charge in [-0.05, 0) is 35.7 Å². The summed E-state index contributed by atoms with van der Waals surface area (Å²) >= 11 is 15.7. The number of hydrogen-bond donors (Lipinski definition) is 1. The lowest BCUT2D eigenvalue weighted by molar-refractivity contribution is 0.860. The van der Waals surface area contributed by atoms with Gasteiger partial charge < -0.3 is 5.73 Å². The summed E-state index contributed by atoms with van der Waals surface area (Å²) in [5.74, 6) is 0. The Balaban J connectivity index is 2.51. The number of hydrogen-bond acceptors (Lipinski definition) is 1. The number of halogens is 3. The predicted molar refractivity (Wildman–Crippen MR) is 81.4 cm³/mol. The van der Waals surface area contributed by atoms with E-state index >= 15 is 0 Å². The highest BCUT2D eigenvalue weighted by molar-refractivity contribution is 9.10. The van der Waals surface area contributed by atoms with Crippen molar-refractivity contribution in [2.75, 3.05) is 0 Å². The zero-order valence-electron chi connectivity index (χ0n) is 9.75. The van der Waals surface area contributed by atoms with Gasteiger partial charge in [0.05, 0.1) is 16.1 Å². The number of benzene rings is 2. The normalized spacial score (nSPS) is 12.5. The van der Waals surface area contributed by atoms with Crippen LogP contribution in [0.1, 0.15) is 22.7 Å². The van der Waals surface area contributed by atoms with Gasteiger partial charge in [0.1, 0.15) is 0 Å². The van der Waals surface area contributed by atoms with Gasteiger partial charge in [-0.1, -0.05) is 63.4 Å². The number of rotatable bonds is 2. The molecule has 0 bridgehead atoms. The maximum absolute atomic E-state index is 6.29. The SMILES string of the molecule is Cc1c(Br)cccc1C(N)c1cccc(Cl)c1Cl. The molecule has 2 aromatic carbocycles. The van der Waals surface area contributed by atoms with E-state index < -0.39 is 0 Å². The number of nitrogens with two attached hydrogens (primary N) is 1. The van der Waals surface area contributed by atoms with E-state index in [-0.39, 0.29) is 6.04 Å². The highest BCUT2D eigenvalue weighted by atomic mass is 79.9.